The van der Waals surface area contributed by atoms with E-state index < -0.39 is 5.41 Å². The van der Waals surface area contributed by atoms with E-state index in [1.165, 1.54) is 60.1 Å². The van der Waals surface area contributed by atoms with Crippen LogP contribution >= 0.6 is 0 Å². The van der Waals surface area contributed by atoms with Gasteiger partial charge in [-0.05, 0) is 113 Å². The van der Waals surface area contributed by atoms with Gasteiger partial charge < -0.3 is 4.90 Å². The molecule has 0 unspecified atom stereocenters. The molecule has 2 heterocycles. The fourth-order valence-corrected chi connectivity index (χ4v) is 11.4. The molecule has 0 amide bonds. The second kappa shape index (κ2) is 15.0. The second-order valence-corrected chi connectivity index (χ2v) is 17.8. The number of fused-ring (bicyclic) bond motifs is 15. The Balaban J connectivity index is 1.07. The van der Waals surface area contributed by atoms with Gasteiger partial charge in [0.25, 0.3) is 0 Å². The van der Waals surface area contributed by atoms with E-state index in [0.29, 0.717) is 17.5 Å². The molecule has 316 valence electrons. The Kier molecular flexibility index (Phi) is 8.46. The third-order valence-corrected chi connectivity index (χ3v) is 14.3. The molecule has 0 atom stereocenters. The number of nitrogens with zero attached hydrogens (tertiary/aromatic N) is 4. The van der Waals surface area contributed by atoms with Crippen molar-refractivity contribution in [2.24, 2.45) is 0 Å². The van der Waals surface area contributed by atoms with Crippen molar-refractivity contribution in [2.75, 3.05) is 4.90 Å². The van der Waals surface area contributed by atoms with E-state index in [2.05, 4.69) is 211 Å². The van der Waals surface area contributed by atoms with Crippen LogP contribution in [-0.4, -0.2) is 15.0 Å². The van der Waals surface area contributed by atoms with E-state index in [9.17, 15) is 0 Å². The highest BCUT2D eigenvalue weighted by atomic mass is 15.2. The molecule has 1 aliphatic heterocycles. The molecule has 2 aliphatic rings. The number of benzene rings is 11. The summed E-state index contributed by atoms with van der Waals surface area (Å²) in [7, 11) is 0. The third kappa shape index (κ3) is 5.58. The zero-order valence-electron chi connectivity index (χ0n) is 36.9. The van der Waals surface area contributed by atoms with Gasteiger partial charge in [-0.25, -0.2) is 15.0 Å². The molecular weight excluding hydrogens is 825 g/mol. The lowest BCUT2D eigenvalue weighted by atomic mass is 9.64. The Morgan fingerprint density at radius 3 is 1.34 bits per heavy atom. The summed E-state index contributed by atoms with van der Waals surface area (Å²) < 4.78 is 0. The largest absolute Gasteiger partial charge is 0.310 e. The van der Waals surface area contributed by atoms with Crippen LogP contribution in [0.15, 0.2) is 243 Å². The zero-order valence-corrected chi connectivity index (χ0v) is 36.9. The highest BCUT2D eigenvalue weighted by Gasteiger charge is 2.52. The molecule has 0 N–H and O–H groups in total. The SMILES string of the molecule is c1ccc(-c2nc(-c3ccccc3)nc(-c3cccc4c3-c3cc(-c5ccc6c7ccccc7c7ccccc7c6c5)ccc3C43c4ccccc4N(c4ccccc4)c4ccccc43)n2)cc1. The summed E-state index contributed by atoms with van der Waals surface area (Å²) in [6.07, 6.45) is 0. The van der Waals surface area contributed by atoms with Crippen LogP contribution in [0.1, 0.15) is 22.3 Å². The smallest absolute Gasteiger partial charge is 0.164 e. The van der Waals surface area contributed by atoms with E-state index in [4.69, 9.17) is 15.0 Å². The summed E-state index contributed by atoms with van der Waals surface area (Å²) in [5.74, 6) is 1.91. The van der Waals surface area contributed by atoms with Gasteiger partial charge in [-0.2, -0.15) is 0 Å². The fourth-order valence-electron chi connectivity index (χ4n) is 11.4. The first-order chi connectivity index (χ1) is 33.7. The summed E-state index contributed by atoms with van der Waals surface area (Å²) in [4.78, 5) is 18.3. The Labute approximate surface area is 394 Å². The van der Waals surface area contributed by atoms with Crippen LogP contribution in [-0.2, 0) is 5.41 Å². The highest BCUT2D eigenvalue weighted by molar-refractivity contribution is 6.25. The maximum absolute atomic E-state index is 5.36. The van der Waals surface area contributed by atoms with E-state index >= 15 is 0 Å². The number of anilines is 3. The highest BCUT2D eigenvalue weighted by Crippen LogP contribution is 2.64. The van der Waals surface area contributed by atoms with Crippen LogP contribution in [0.3, 0.4) is 0 Å². The van der Waals surface area contributed by atoms with Crippen molar-refractivity contribution in [3.05, 3.63) is 265 Å². The topological polar surface area (TPSA) is 41.9 Å². The molecular formula is C64H40N4. The van der Waals surface area contributed by atoms with Crippen LogP contribution in [0.4, 0.5) is 17.1 Å². The maximum Gasteiger partial charge on any atom is 0.164 e. The molecule has 1 spiro atoms. The standard InChI is InChI=1S/C64H40N4/c1-4-19-41(20-5-1)61-65-62(42-21-6-2-7-22-42)67-63(66-61)51-29-18-32-57-60(51)53-40-44(43-35-37-50-48-27-11-10-25-46(48)47-26-12-13-28-49(47)52(50)39-43)36-38-54(53)64(57)55-30-14-16-33-58(55)68(45-23-8-3-9-24-45)59-34-17-15-31-56(59)64/h1-40H. The average molecular weight is 865 g/mol. The molecule has 0 saturated heterocycles. The van der Waals surface area contributed by atoms with E-state index in [1.807, 2.05) is 36.4 Å². The summed E-state index contributed by atoms with van der Waals surface area (Å²) in [5, 5.41) is 7.57. The number of para-hydroxylation sites is 3. The minimum Gasteiger partial charge on any atom is -0.310 e. The lowest BCUT2D eigenvalue weighted by Gasteiger charge is -2.45. The molecule has 14 rings (SSSR count). The number of aromatic nitrogens is 3. The van der Waals surface area contributed by atoms with Gasteiger partial charge in [0.15, 0.2) is 17.5 Å². The molecule has 1 aliphatic carbocycles. The normalized spacial score (nSPS) is 13.1. The van der Waals surface area contributed by atoms with Crippen LogP contribution < -0.4 is 4.90 Å². The second-order valence-electron chi connectivity index (χ2n) is 17.8. The van der Waals surface area contributed by atoms with Crippen molar-refractivity contribution in [1.82, 2.24) is 15.0 Å². The van der Waals surface area contributed by atoms with Gasteiger partial charge in [0.05, 0.1) is 16.8 Å². The van der Waals surface area contributed by atoms with Crippen LogP contribution in [0.5, 0.6) is 0 Å². The Hall–Kier alpha value is -8.99. The zero-order chi connectivity index (χ0) is 44.8. The molecule has 12 aromatic rings. The van der Waals surface area contributed by atoms with E-state index in [1.54, 1.807) is 0 Å². The fraction of sp³-hybridized carbons (Fsp3) is 0.0156. The molecule has 1 aromatic heterocycles. The predicted octanol–water partition coefficient (Wildman–Crippen LogP) is 16.1. The molecule has 0 fully saturated rings. The first-order valence-electron chi connectivity index (χ1n) is 23.3. The summed E-state index contributed by atoms with van der Waals surface area (Å²) >= 11 is 0. The van der Waals surface area contributed by atoms with Gasteiger partial charge in [-0.1, -0.05) is 206 Å². The van der Waals surface area contributed by atoms with Gasteiger partial charge >= 0.3 is 0 Å². The Bertz CT molecular complexity index is 3840. The minimum atomic E-state index is -0.673. The van der Waals surface area contributed by atoms with Gasteiger partial charge in [0.2, 0.25) is 0 Å². The number of rotatable bonds is 5. The van der Waals surface area contributed by atoms with Crippen LogP contribution in [0, 0.1) is 0 Å². The van der Waals surface area contributed by atoms with Crippen molar-refractivity contribution in [2.45, 2.75) is 5.41 Å². The van der Waals surface area contributed by atoms with Crippen LogP contribution in [0.2, 0.25) is 0 Å². The molecule has 4 nitrogen and oxygen atoms in total. The number of hydrogen-bond donors (Lipinski definition) is 0. The van der Waals surface area contributed by atoms with Crippen molar-refractivity contribution < 1.29 is 0 Å². The first kappa shape index (κ1) is 38.3. The number of hydrogen-bond acceptors (Lipinski definition) is 4. The molecule has 0 bridgehead atoms. The summed E-state index contributed by atoms with van der Waals surface area (Å²) in [6, 6.07) is 87.8. The van der Waals surface area contributed by atoms with Gasteiger partial charge in [0.1, 0.15) is 0 Å². The van der Waals surface area contributed by atoms with Crippen molar-refractivity contribution in [3.8, 4) is 56.4 Å². The summed E-state index contributed by atoms with van der Waals surface area (Å²) in [6.45, 7) is 0. The molecule has 68 heavy (non-hydrogen) atoms. The van der Waals surface area contributed by atoms with Crippen molar-refractivity contribution in [3.63, 3.8) is 0 Å². The Morgan fingerprint density at radius 1 is 0.279 bits per heavy atom. The van der Waals surface area contributed by atoms with Crippen molar-refractivity contribution in [1.29, 1.82) is 0 Å². The monoisotopic (exact) mass is 864 g/mol. The lowest BCUT2D eigenvalue weighted by Crippen LogP contribution is -2.36. The van der Waals surface area contributed by atoms with Gasteiger partial charge in [0, 0.05) is 22.4 Å². The Morgan fingerprint density at radius 2 is 0.735 bits per heavy atom. The first-order valence-corrected chi connectivity index (χ1v) is 23.3. The molecule has 0 saturated carbocycles. The third-order valence-electron chi connectivity index (χ3n) is 14.3. The van der Waals surface area contributed by atoms with E-state index in [-0.39, 0.29) is 0 Å². The minimum absolute atomic E-state index is 0.635. The molecule has 11 aromatic carbocycles. The lowest BCUT2D eigenvalue weighted by molar-refractivity contribution is 0.753. The maximum atomic E-state index is 5.36. The summed E-state index contributed by atoms with van der Waals surface area (Å²) in [5.41, 5.74) is 15.1. The molecule has 0 radical (unpaired) electrons. The van der Waals surface area contributed by atoms with E-state index in [0.717, 1.165) is 50.4 Å². The van der Waals surface area contributed by atoms with Gasteiger partial charge in [-0.15, -0.1) is 0 Å². The van der Waals surface area contributed by atoms with Crippen molar-refractivity contribution >= 4 is 49.4 Å². The average Bonchev–Trinajstić information content (AvgIpc) is 3.71. The van der Waals surface area contributed by atoms with Crippen LogP contribution in [0.25, 0.3) is 88.7 Å². The molecule has 4 heteroatoms. The van der Waals surface area contributed by atoms with Gasteiger partial charge in [-0.3, -0.25) is 0 Å². The quantitative estimate of drug-likeness (QED) is 0.162. The predicted molar refractivity (Wildman–Crippen MR) is 280 cm³/mol.